The Bertz CT molecular complexity index is 1170. The Labute approximate surface area is 196 Å². The Kier molecular flexibility index (Phi) is 6.79. The molecule has 33 heavy (non-hydrogen) atoms. The smallest absolute Gasteiger partial charge is 0.290 e. The van der Waals surface area contributed by atoms with Gasteiger partial charge in [-0.25, -0.2) is 0 Å². The number of nitrogens with zero attached hydrogens (tertiary/aromatic N) is 1. The average Bonchev–Trinajstić information content (AvgIpc) is 3.45. The van der Waals surface area contributed by atoms with Crippen LogP contribution in [0.15, 0.2) is 77.4 Å². The molecule has 1 aliphatic heterocycles. The van der Waals surface area contributed by atoms with Crippen LogP contribution >= 0.6 is 11.3 Å². The molecule has 0 fully saturated rings. The van der Waals surface area contributed by atoms with Gasteiger partial charge in [-0.05, 0) is 41.1 Å². The Morgan fingerprint density at radius 3 is 2.45 bits per heavy atom. The predicted molar refractivity (Wildman–Crippen MR) is 127 cm³/mol. The van der Waals surface area contributed by atoms with E-state index in [0.717, 1.165) is 10.4 Å². The first-order valence-corrected chi connectivity index (χ1v) is 11.5. The highest BCUT2D eigenvalue weighted by Gasteiger charge is 2.43. The third-order valence-electron chi connectivity index (χ3n) is 5.72. The first kappa shape index (κ1) is 22.6. The van der Waals surface area contributed by atoms with Gasteiger partial charge in [0, 0.05) is 11.3 Å². The summed E-state index contributed by atoms with van der Waals surface area (Å²) in [6.07, 6.45) is 0.710. The van der Waals surface area contributed by atoms with E-state index in [-0.39, 0.29) is 24.3 Å². The molecule has 1 aliphatic rings. The van der Waals surface area contributed by atoms with Gasteiger partial charge in [-0.2, -0.15) is 0 Å². The fraction of sp³-hybridized carbons (Fsp3) is 0.231. The summed E-state index contributed by atoms with van der Waals surface area (Å²) >= 11 is 1.52. The van der Waals surface area contributed by atoms with Gasteiger partial charge in [0.1, 0.15) is 0 Å². The van der Waals surface area contributed by atoms with E-state index in [4.69, 9.17) is 9.47 Å². The molecule has 6 nitrogen and oxygen atoms in total. The molecule has 0 radical (unpaired) electrons. The van der Waals surface area contributed by atoms with E-state index in [1.165, 1.54) is 23.3 Å². The third-order valence-corrected chi connectivity index (χ3v) is 6.58. The normalized spacial score (nSPS) is 15.8. The number of hydrogen-bond acceptors (Lipinski definition) is 6. The van der Waals surface area contributed by atoms with Gasteiger partial charge in [-0.15, -0.1) is 11.3 Å². The van der Waals surface area contributed by atoms with Crippen LogP contribution in [0.4, 0.5) is 0 Å². The number of carbonyl (C=O) groups excluding carboxylic acids is 2. The lowest BCUT2D eigenvalue weighted by Gasteiger charge is -2.27. The summed E-state index contributed by atoms with van der Waals surface area (Å²) in [6, 6.07) is 18.1. The number of hydrogen-bond donors (Lipinski definition) is 1. The number of aliphatic hydroxyl groups is 1. The molecule has 7 heteroatoms. The highest BCUT2D eigenvalue weighted by molar-refractivity contribution is 7.09. The van der Waals surface area contributed by atoms with Crippen molar-refractivity contribution in [1.82, 2.24) is 4.90 Å². The zero-order valence-electron chi connectivity index (χ0n) is 18.5. The van der Waals surface area contributed by atoms with Crippen molar-refractivity contribution in [2.75, 3.05) is 14.2 Å². The van der Waals surface area contributed by atoms with Crippen LogP contribution in [0.1, 0.15) is 28.5 Å². The van der Waals surface area contributed by atoms with E-state index in [9.17, 15) is 14.7 Å². The van der Waals surface area contributed by atoms with Gasteiger partial charge in [0.25, 0.3) is 5.91 Å². The van der Waals surface area contributed by atoms with Crippen molar-refractivity contribution in [3.63, 3.8) is 0 Å². The van der Waals surface area contributed by atoms with Gasteiger partial charge in [0.15, 0.2) is 23.0 Å². The number of thiophene rings is 1. The van der Waals surface area contributed by atoms with E-state index in [1.807, 2.05) is 47.8 Å². The quantitative estimate of drug-likeness (QED) is 0.490. The lowest BCUT2D eigenvalue weighted by molar-refractivity contribution is -0.130. The number of methoxy groups -OCH3 is 2. The van der Waals surface area contributed by atoms with E-state index in [0.29, 0.717) is 23.5 Å². The van der Waals surface area contributed by atoms with Gasteiger partial charge >= 0.3 is 0 Å². The fourth-order valence-corrected chi connectivity index (χ4v) is 4.78. The number of carbonyl (C=O) groups is 2. The molecule has 1 atom stereocenters. The molecular formula is C26H25NO5S. The Morgan fingerprint density at radius 1 is 1.03 bits per heavy atom. The summed E-state index contributed by atoms with van der Waals surface area (Å²) in [4.78, 5) is 28.9. The lowest BCUT2D eigenvalue weighted by atomic mass is 9.93. The van der Waals surface area contributed by atoms with E-state index in [2.05, 4.69) is 0 Å². The minimum Gasteiger partial charge on any atom is -0.503 e. The SMILES string of the molecule is COc1ccc(C2C(C(=O)CCc3ccccc3)=C(O)C(=O)N2Cc2cccs2)cc1OC. The first-order valence-electron chi connectivity index (χ1n) is 10.6. The molecule has 0 saturated carbocycles. The van der Waals surface area contributed by atoms with Crippen LogP contribution in [0.2, 0.25) is 0 Å². The van der Waals surface area contributed by atoms with Crippen molar-refractivity contribution < 1.29 is 24.2 Å². The zero-order valence-corrected chi connectivity index (χ0v) is 19.3. The van der Waals surface area contributed by atoms with Gasteiger partial charge in [0.2, 0.25) is 0 Å². The van der Waals surface area contributed by atoms with Crippen LogP contribution in [0.3, 0.4) is 0 Å². The summed E-state index contributed by atoms with van der Waals surface area (Å²) in [6.45, 7) is 0.287. The average molecular weight is 464 g/mol. The Morgan fingerprint density at radius 2 is 1.79 bits per heavy atom. The number of aryl methyl sites for hydroxylation is 1. The van der Waals surface area contributed by atoms with Crippen LogP contribution in [0.5, 0.6) is 11.5 Å². The first-order chi connectivity index (χ1) is 16.0. The minimum atomic E-state index is -0.720. The monoisotopic (exact) mass is 463 g/mol. The number of amides is 1. The number of benzene rings is 2. The molecule has 1 aromatic heterocycles. The second kappa shape index (κ2) is 9.92. The Hall–Kier alpha value is -3.58. The van der Waals surface area contributed by atoms with Crippen molar-refractivity contribution in [3.05, 3.63) is 93.4 Å². The van der Waals surface area contributed by atoms with Crippen molar-refractivity contribution in [2.24, 2.45) is 0 Å². The topological polar surface area (TPSA) is 76.1 Å². The number of rotatable bonds is 9. The molecular weight excluding hydrogens is 438 g/mol. The fourth-order valence-electron chi connectivity index (χ4n) is 4.08. The van der Waals surface area contributed by atoms with Gasteiger partial charge < -0.3 is 19.5 Å². The molecule has 1 N–H and O–H groups in total. The number of ether oxygens (including phenoxy) is 2. The number of Topliss-reactive ketones (excluding diaryl/α,β-unsaturated/α-hetero) is 1. The molecule has 1 amide bonds. The van der Waals surface area contributed by atoms with Gasteiger partial charge in [0.05, 0.1) is 32.4 Å². The molecule has 0 spiro atoms. The second-order valence-electron chi connectivity index (χ2n) is 7.70. The standard InChI is InChI=1S/C26H25NO5S/c1-31-21-13-11-18(15-22(21)32-2)24-23(20(28)12-10-17-7-4-3-5-8-17)25(29)26(30)27(24)16-19-9-6-14-33-19/h3-9,11,13-15,24,29H,10,12,16H2,1-2H3. The molecule has 1 unspecified atom stereocenters. The van der Waals surface area contributed by atoms with Crippen molar-refractivity contribution >= 4 is 23.0 Å². The van der Waals surface area contributed by atoms with Gasteiger partial charge in [-0.3, -0.25) is 9.59 Å². The van der Waals surface area contributed by atoms with E-state index >= 15 is 0 Å². The maximum absolute atomic E-state index is 13.3. The molecule has 0 saturated heterocycles. The van der Waals surface area contributed by atoms with Crippen molar-refractivity contribution in [1.29, 1.82) is 0 Å². The maximum Gasteiger partial charge on any atom is 0.290 e. The summed E-state index contributed by atoms with van der Waals surface area (Å²) in [5.41, 5.74) is 1.82. The summed E-state index contributed by atoms with van der Waals surface area (Å²) in [7, 11) is 3.08. The molecule has 0 bridgehead atoms. The molecule has 3 aromatic rings. The van der Waals surface area contributed by atoms with E-state index in [1.54, 1.807) is 25.3 Å². The minimum absolute atomic E-state index is 0.125. The molecule has 0 aliphatic carbocycles. The third kappa shape index (κ3) is 4.64. The van der Waals surface area contributed by atoms with Crippen molar-refractivity contribution in [2.45, 2.75) is 25.4 Å². The van der Waals surface area contributed by atoms with Crippen LogP contribution in [-0.4, -0.2) is 35.9 Å². The van der Waals surface area contributed by atoms with Gasteiger partial charge in [-0.1, -0.05) is 42.5 Å². The predicted octanol–water partition coefficient (Wildman–Crippen LogP) is 4.86. The van der Waals surface area contributed by atoms with Crippen LogP contribution < -0.4 is 9.47 Å². The Balaban J connectivity index is 1.70. The lowest BCUT2D eigenvalue weighted by Crippen LogP contribution is -2.30. The largest absolute Gasteiger partial charge is 0.503 e. The van der Waals surface area contributed by atoms with Crippen molar-refractivity contribution in [3.8, 4) is 11.5 Å². The molecule has 4 rings (SSSR count). The van der Waals surface area contributed by atoms with Crippen LogP contribution in [-0.2, 0) is 22.6 Å². The van der Waals surface area contributed by atoms with E-state index < -0.39 is 17.7 Å². The summed E-state index contributed by atoms with van der Waals surface area (Å²) in [5.74, 6) is -0.254. The molecule has 2 aromatic carbocycles. The molecule has 2 heterocycles. The zero-order chi connectivity index (χ0) is 23.4. The summed E-state index contributed by atoms with van der Waals surface area (Å²) < 4.78 is 10.8. The summed E-state index contributed by atoms with van der Waals surface area (Å²) in [5, 5.41) is 12.7. The number of aliphatic hydroxyl groups excluding tert-OH is 1. The molecule has 170 valence electrons. The maximum atomic E-state index is 13.3. The van der Waals surface area contributed by atoms with Crippen LogP contribution in [0, 0.1) is 0 Å². The number of ketones is 1. The highest BCUT2D eigenvalue weighted by Crippen LogP contribution is 2.42. The highest BCUT2D eigenvalue weighted by atomic mass is 32.1. The van der Waals surface area contributed by atoms with Crippen LogP contribution in [0.25, 0.3) is 0 Å². The second-order valence-corrected chi connectivity index (χ2v) is 8.73.